The molecule has 0 atom stereocenters. The Morgan fingerprint density at radius 2 is 2.25 bits per heavy atom. The standard InChI is InChI=1S/C8H9NO3/c1-2-5-3-4-6(8(11)12)7(10)9-5/h3-4H,2H2,1H3,(H,9,10)(H,11,12). The number of H-pyrrole nitrogens is 1. The summed E-state index contributed by atoms with van der Waals surface area (Å²) in [4.78, 5) is 23.9. The van der Waals surface area contributed by atoms with Gasteiger partial charge >= 0.3 is 5.97 Å². The van der Waals surface area contributed by atoms with E-state index in [0.29, 0.717) is 6.42 Å². The molecule has 0 radical (unpaired) electrons. The molecule has 1 rings (SSSR count). The molecule has 0 fully saturated rings. The maximum atomic E-state index is 11.0. The number of aromatic amines is 1. The molecule has 64 valence electrons. The predicted molar refractivity (Wildman–Crippen MR) is 43.4 cm³/mol. The molecule has 0 saturated heterocycles. The fourth-order valence-corrected chi connectivity index (χ4v) is 0.889. The van der Waals surface area contributed by atoms with E-state index in [-0.39, 0.29) is 5.56 Å². The Morgan fingerprint density at radius 1 is 1.58 bits per heavy atom. The van der Waals surface area contributed by atoms with Crippen LogP contribution < -0.4 is 5.56 Å². The maximum absolute atomic E-state index is 11.0. The Balaban J connectivity index is 3.21. The summed E-state index contributed by atoms with van der Waals surface area (Å²) in [5.74, 6) is -1.20. The van der Waals surface area contributed by atoms with Gasteiger partial charge in [-0.3, -0.25) is 4.79 Å². The van der Waals surface area contributed by atoms with Crippen LogP contribution in [0.4, 0.5) is 0 Å². The highest BCUT2D eigenvalue weighted by Gasteiger charge is 2.07. The number of carboxylic acid groups (broad SMARTS) is 1. The second-order valence-corrected chi connectivity index (χ2v) is 2.39. The van der Waals surface area contributed by atoms with Gasteiger partial charge in [-0.25, -0.2) is 4.79 Å². The molecule has 0 aliphatic carbocycles. The minimum atomic E-state index is -1.20. The van der Waals surface area contributed by atoms with Crippen LogP contribution in [0.25, 0.3) is 0 Å². The van der Waals surface area contributed by atoms with Crippen molar-refractivity contribution in [3.05, 3.63) is 33.7 Å². The Hall–Kier alpha value is -1.58. The summed E-state index contributed by atoms with van der Waals surface area (Å²) in [6.45, 7) is 1.88. The van der Waals surface area contributed by atoms with Gasteiger partial charge < -0.3 is 10.1 Å². The van der Waals surface area contributed by atoms with Gasteiger partial charge in [0.25, 0.3) is 5.56 Å². The summed E-state index contributed by atoms with van der Waals surface area (Å²) in [7, 11) is 0. The fraction of sp³-hybridized carbons (Fsp3) is 0.250. The summed E-state index contributed by atoms with van der Waals surface area (Å²) in [5.41, 5.74) is -0.0148. The van der Waals surface area contributed by atoms with E-state index in [0.717, 1.165) is 5.69 Å². The number of rotatable bonds is 2. The molecule has 4 nitrogen and oxygen atoms in total. The lowest BCUT2D eigenvalue weighted by Crippen LogP contribution is -2.18. The maximum Gasteiger partial charge on any atom is 0.341 e. The van der Waals surface area contributed by atoms with Crippen molar-refractivity contribution in [3.8, 4) is 0 Å². The van der Waals surface area contributed by atoms with Crippen molar-refractivity contribution in [2.45, 2.75) is 13.3 Å². The number of aromatic carboxylic acids is 1. The molecule has 0 saturated carbocycles. The summed E-state index contributed by atoms with van der Waals surface area (Å²) in [6, 6.07) is 2.92. The molecule has 1 aromatic rings. The molecular weight excluding hydrogens is 158 g/mol. The van der Waals surface area contributed by atoms with E-state index in [9.17, 15) is 9.59 Å². The summed E-state index contributed by atoms with van der Waals surface area (Å²) in [5, 5.41) is 8.51. The summed E-state index contributed by atoms with van der Waals surface area (Å²) >= 11 is 0. The van der Waals surface area contributed by atoms with Crippen molar-refractivity contribution in [1.29, 1.82) is 0 Å². The normalized spacial score (nSPS) is 9.75. The van der Waals surface area contributed by atoms with Gasteiger partial charge in [-0.1, -0.05) is 6.92 Å². The Kier molecular flexibility index (Phi) is 2.28. The highest BCUT2D eigenvalue weighted by Crippen LogP contribution is 1.95. The molecule has 12 heavy (non-hydrogen) atoms. The highest BCUT2D eigenvalue weighted by molar-refractivity contribution is 5.86. The van der Waals surface area contributed by atoms with Crippen LogP contribution in [-0.2, 0) is 6.42 Å². The van der Waals surface area contributed by atoms with E-state index >= 15 is 0 Å². The number of hydrogen-bond donors (Lipinski definition) is 2. The zero-order valence-electron chi connectivity index (χ0n) is 6.63. The van der Waals surface area contributed by atoms with Crippen LogP contribution in [0.2, 0.25) is 0 Å². The lowest BCUT2D eigenvalue weighted by molar-refractivity contribution is 0.0695. The van der Waals surface area contributed by atoms with Gasteiger partial charge in [-0.05, 0) is 18.6 Å². The van der Waals surface area contributed by atoms with Crippen LogP contribution in [0.5, 0.6) is 0 Å². The highest BCUT2D eigenvalue weighted by atomic mass is 16.4. The molecule has 0 unspecified atom stereocenters. The number of aromatic nitrogens is 1. The van der Waals surface area contributed by atoms with Crippen molar-refractivity contribution < 1.29 is 9.90 Å². The number of aryl methyl sites for hydroxylation is 1. The smallest absolute Gasteiger partial charge is 0.341 e. The zero-order valence-corrected chi connectivity index (χ0v) is 6.63. The van der Waals surface area contributed by atoms with Crippen molar-refractivity contribution in [2.75, 3.05) is 0 Å². The second kappa shape index (κ2) is 3.21. The summed E-state index contributed by atoms with van der Waals surface area (Å²) in [6.07, 6.45) is 0.690. The molecule has 0 bridgehead atoms. The van der Waals surface area contributed by atoms with Crippen molar-refractivity contribution >= 4 is 5.97 Å². The predicted octanol–water partition coefficient (Wildman–Crippen LogP) is 0.635. The minimum Gasteiger partial charge on any atom is -0.477 e. The number of carbonyl (C=O) groups is 1. The molecule has 2 N–H and O–H groups in total. The topological polar surface area (TPSA) is 70.2 Å². The van der Waals surface area contributed by atoms with E-state index in [1.165, 1.54) is 6.07 Å². The van der Waals surface area contributed by atoms with E-state index in [1.807, 2.05) is 6.92 Å². The van der Waals surface area contributed by atoms with Crippen LogP contribution in [0.15, 0.2) is 16.9 Å². The third-order valence-electron chi connectivity index (χ3n) is 1.58. The van der Waals surface area contributed by atoms with Gasteiger partial charge in [0.15, 0.2) is 0 Å². The molecule has 1 heterocycles. The van der Waals surface area contributed by atoms with Gasteiger partial charge in [0.2, 0.25) is 0 Å². The monoisotopic (exact) mass is 167 g/mol. The Labute approximate surface area is 68.9 Å². The third kappa shape index (κ3) is 1.53. The third-order valence-corrected chi connectivity index (χ3v) is 1.58. The van der Waals surface area contributed by atoms with Crippen LogP contribution in [-0.4, -0.2) is 16.1 Å². The molecule has 0 amide bonds. The SMILES string of the molecule is CCc1ccc(C(=O)O)c(=O)[nH]1. The number of hydrogen-bond acceptors (Lipinski definition) is 2. The first-order valence-corrected chi connectivity index (χ1v) is 3.60. The lowest BCUT2D eigenvalue weighted by atomic mass is 10.2. The zero-order chi connectivity index (χ0) is 9.14. The van der Waals surface area contributed by atoms with E-state index in [1.54, 1.807) is 6.07 Å². The molecule has 1 aromatic heterocycles. The average molecular weight is 167 g/mol. The van der Waals surface area contributed by atoms with Crippen molar-refractivity contribution in [3.63, 3.8) is 0 Å². The quantitative estimate of drug-likeness (QED) is 0.678. The summed E-state index contributed by atoms with van der Waals surface area (Å²) < 4.78 is 0. The first-order chi connectivity index (χ1) is 5.65. The van der Waals surface area contributed by atoms with Gasteiger partial charge in [0.05, 0.1) is 0 Å². The number of nitrogens with one attached hydrogen (secondary N) is 1. The van der Waals surface area contributed by atoms with Crippen LogP contribution in [0.1, 0.15) is 23.0 Å². The molecular formula is C8H9NO3. The fourth-order valence-electron chi connectivity index (χ4n) is 0.889. The molecule has 0 aromatic carbocycles. The van der Waals surface area contributed by atoms with Crippen LogP contribution >= 0.6 is 0 Å². The average Bonchev–Trinajstić information content (AvgIpc) is 2.03. The van der Waals surface area contributed by atoms with Crippen molar-refractivity contribution in [2.24, 2.45) is 0 Å². The molecule has 0 aliphatic rings. The minimum absolute atomic E-state index is 0.216. The van der Waals surface area contributed by atoms with E-state index in [2.05, 4.69) is 4.98 Å². The molecule has 0 aliphatic heterocycles. The molecule has 0 spiro atoms. The lowest BCUT2D eigenvalue weighted by Gasteiger charge is -1.96. The van der Waals surface area contributed by atoms with E-state index in [4.69, 9.17) is 5.11 Å². The molecule has 4 heteroatoms. The van der Waals surface area contributed by atoms with Crippen molar-refractivity contribution in [1.82, 2.24) is 4.98 Å². The first kappa shape index (κ1) is 8.52. The van der Waals surface area contributed by atoms with Crippen LogP contribution in [0, 0.1) is 0 Å². The Bertz CT molecular complexity index is 354. The number of carboxylic acids is 1. The van der Waals surface area contributed by atoms with Gasteiger partial charge in [0, 0.05) is 5.69 Å². The van der Waals surface area contributed by atoms with Gasteiger partial charge in [-0.2, -0.15) is 0 Å². The first-order valence-electron chi connectivity index (χ1n) is 3.60. The largest absolute Gasteiger partial charge is 0.477 e. The van der Waals surface area contributed by atoms with Crippen LogP contribution in [0.3, 0.4) is 0 Å². The Morgan fingerprint density at radius 3 is 2.67 bits per heavy atom. The number of pyridine rings is 1. The van der Waals surface area contributed by atoms with Gasteiger partial charge in [0.1, 0.15) is 5.56 Å². The van der Waals surface area contributed by atoms with Gasteiger partial charge in [-0.15, -0.1) is 0 Å². The second-order valence-electron chi connectivity index (χ2n) is 2.39. The van der Waals surface area contributed by atoms with E-state index < -0.39 is 11.5 Å².